The Morgan fingerprint density at radius 1 is 1.48 bits per heavy atom. The summed E-state index contributed by atoms with van der Waals surface area (Å²) >= 11 is 0. The maximum Gasteiger partial charge on any atom is 0.290 e. The number of hydrogen-bond donors (Lipinski definition) is 1. The van der Waals surface area contributed by atoms with Gasteiger partial charge in [0.2, 0.25) is 5.91 Å². The van der Waals surface area contributed by atoms with Crippen LogP contribution < -0.4 is 10.9 Å². The molecule has 1 fully saturated rings. The fourth-order valence-electron chi connectivity index (χ4n) is 2.34. The topological polar surface area (TPSA) is 87.8 Å². The molecule has 0 aromatic carbocycles. The van der Waals surface area contributed by atoms with Crippen molar-refractivity contribution >= 4 is 11.8 Å². The molecule has 1 unspecified atom stereocenters. The van der Waals surface area contributed by atoms with E-state index in [1.165, 1.54) is 11.0 Å². The number of carbonyl (C=O) groups is 2. The highest BCUT2D eigenvalue weighted by Crippen LogP contribution is 2.06. The van der Waals surface area contributed by atoms with Crippen LogP contribution in [0.2, 0.25) is 0 Å². The van der Waals surface area contributed by atoms with Gasteiger partial charge in [-0.2, -0.15) is 0 Å². The van der Waals surface area contributed by atoms with E-state index < -0.39 is 17.5 Å². The van der Waals surface area contributed by atoms with Crippen LogP contribution in [-0.4, -0.2) is 72.7 Å². The lowest BCUT2D eigenvalue weighted by Gasteiger charge is -2.35. The van der Waals surface area contributed by atoms with E-state index in [0.29, 0.717) is 25.4 Å². The zero-order valence-electron chi connectivity index (χ0n) is 12.5. The standard InChI is InChI=1S/C13H20N4O4/c1-9-6-11(18)17(21-9)12(19)8-16-5-4-14-7-10(16)13(20)15(2)3/h6,10,14H,4-5,7-8H2,1-3H3. The largest absolute Gasteiger partial charge is 0.373 e. The van der Waals surface area contributed by atoms with Gasteiger partial charge in [-0.25, -0.2) is 0 Å². The predicted octanol–water partition coefficient (Wildman–Crippen LogP) is -1.25. The normalized spacial score (nSPS) is 19.5. The summed E-state index contributed by atoms with van der Waals surface area (Å²) in [6, 6.07) is 0.849. The minimum Gasteiger partial charge on any atom is -0.373 e. The Balaban J connectivity index is 2.12. The van der Waals surface area contributed by atoms with Gasteiger partial charge in [0.25, 0.3) is 11.5 Å². The van der Waals surface area contributed by atoms with Crippen molar-refractivity contribution in [2.24, 2.45) is 0 Å². The van der Waals surface area contributed by atoms with Crippen molar-refractivity contribution in [3.8, 4) is 0 Å². The van der Waals surface area contributed by atoms with E-state index >= 15 is 0 Å². The van der Waals surface area contributed by atoms with Crippen molar-refractivity contribution in [3.05, 3.63) is 22.2 Å². The van der Waals surface area contributed by atoms with Gasteiger partial charge in [0.05, 0.1) is 6.54 Å². The highest BCUT2D eigenvalue weighted by atomic mass is 16.5. The van der Waals surface area contributed by atoms with Crippen LogP contribution in [-0.2, 0) is 4.79 Å². The van der Waals surface area contributed by atoms with Gasteiger partial charge in [-0.15, -0.1) is 4.74 Å². The number of hydrogen-bond acceptors (Lipinski definition) is 6. The van der Waals surface area contributed by atoms with Gasteiger partial charge < -0.3 is 14.7 Å². The average molecular weight is 296 g/mol. The van der Waals surface area contributed by atoms with Crippen molar-refractivity contribution in [3.63, 3.8) is 0 Å². The van der Waals surface area contributed by atoms with E-state index in [0.717, 1.165) is 4.74 Å². The van der Waals surface area contributed by atoms with Crippen LogP contribution in [0.15, 0.2) is 15.4 Å². The molecule has 1 aromatic heterocycles. The fraction of sp³-hybridized carbons (Fsp3) is 0.615. The Labute approximate surface area is 122 Å². The van der Waals surface area contributed by atoms with E-state index in [-0.39, 0.29) is 12.5 Å². The van der Waals surface area contributed by atoms with Crippen LogP contribution in [0, 0.1) is 6.92 Å². The molecule has 2 heterocycles. The first-order chi connectivity index (χ1) is 9.90. The molecule has 1 amide bonds. The van der Waals surface area contributed by atoms with Gasteiger partial charge in [0.1, 0.15) is 11.8 Å². The molecule has 1 saturated heterocycles. The second-order valence-corrected chi connectivity index (χ2v) is 5.30. The second kappa shape index (κ2) is 6.23. The molecule has 0 spiro atoms. The maximum atomic E-state index is 12.2. The summed E-state index contributed by atoms with van der Waals surface area (Å²) in [6.45, 7) is 3.31. The molecule has 0 saturated carbocycles. The molecular formula is C13H20N4O4. The van der Waals surface area contributed by atoms with Crippen molar-refractivity contribution in [1.29, 1.82) is 0 Å². The molecule has 8 nitrogen and oxygen atoms in total. The zero-order valence-corrected chi connectivity index (χ0v) is 12.5. The smallest absolute Gasteiger partial charge is 0.290 e. The van der Waals surface area contributed by atoms with Gasteiger partial charge in [-0.3, -0.25) is 19.3 Å². The highest BCUT2D eigenvalue weighted by molar-refractivity contribution is 5.84. The predicted molar refractivity (Wildman–Crippen MR) is 75.3 cm³/mol. The first-order valence-corrected chi connectivity index (χ1v) is 6.79. The van der Waals surface area contributed by atoms with Crippen molar-refractivity contribution in [2.75, 3.05) is 40.3 Å². The second-order valence-electron chi connectivity index (χ2n) is 5.30. The first-order valence-electron chi connectivity index (χ1n) is 6.79. The van der Waals surface area contributed by atoms with Crippen molar-refractivity contribution < 1.29 is 14.1 Å². The Kier molecular flexibility index (Phi) is 4.59. The van der Waals surface area contributed by atoms with Gasteiger partial charge in [0.15, 0.2) is 0 Å². The lowest BCUT2D eigenvalue weighted by Crippen LogP contribution is -2.59. The van der Waals surface area contributed by atoms with Crippen LogP contribution in [0.4, 0.5) is 0 Å². The van der Waals surface area contributed by atoms with Crippen LogP contribution in [0.3, 0.4) is 0 Å². The van der Waals surface area contributed by atoms with E-state index in [1.807, 2.05) is 0 Å². The van der Waals surface area contributed by atoms with E-state index in [4.69, 9.17) is 4.52 Å². The number of amides is 1. The highest BCUT2D eigenvalue weighted by Gasteiger charge is 2.31. The van der Waals surface area contributed by atoms with Gasteiger partial charge in [0, 0.05) is 39.8 Å². The lowest BCUT2D eigenvalue weighted by molar-refractivity contribution is -0.134. The first kappa shape index (κ1) is 15.5. The fourth-order valence-corrected chi connectivity index (χ4v) is 2.34. The number of rotatable bonds is 3. The molecule has 1 atom stereocenters. The summed E-state index contributed by atoms with van der Waals surface area (Å²) in [7, 11) is 3.36. The molecule has 1 aromatic rings. The van der Waals surface area contributed by atoms with Crippen molar-refractivity contribution in [1.82, 2.24) is 19.9 Å². The third-order valence-corrected chi connectivity index (χ3v) is 3.41. The number of nitrogens with zero attached hydrogens (tertiary/aromatic N) is 3. The van der Waals surface area contributed by atoms with Gasteiger partial charge in [-0.1, -0.05) is 0 Å². The Morgan fingerprint density at radius 3 is 2.76 bits per heavy atom. The molecular weight excluding hydrogens is 276 g/mol. The Bertz CT molecular complexity index is 589. The quantitative estimate of drug-likeness (QED) is 0.750. The van der Waals surface area contributed by atoms with E-state index in [9.17, 15) is 14.4 Å². The molecule has 0 radical (unpaired) electrons. The summed E-state index contributed by atoms with van der Waals surface area (Å²) in [4.78, 5) is 39.2. The average Bonchev–Trinajstić information content (AvgIpc) is 2.77. The third kappa shape index (κ3) is 3.40. The number of aromatic nitrogens is 1. The Morgan fingerprint density at radius 2 is 2.19 bits per heavy atom. The molecule has 0 aliphatic carbocycles. The minimum absolute atomic E-state index is 0.0290. The zero-order chi connectivity index (χ0) is 15.6. The summed E-state index contributed by atoms with van der Waals surface area (Å²) in [5.74, 6) is -0.154. The molecule has 8 heteroatoms. The summed E-state index contributed by atoms with van der Waals surface area (Å²) in [5, 5.41) is 3.14. The lowest BCUT2D eigenvalue weighted by atomic mass is 10.1. The third-order valence-electron chi connectivity index (χ3n) is 3.41. The van der Waals surface area contributed by atoms with Crippen LogP contribution >= 0.6 is 0 Å². The summed E-state index contributed by atoms with van der Waals surface area (Å²) in [6.07, 6.45) is 0. The number of piperazine rings is 1. The van der Waals surface area contributed by atoms with Gasteiger partial charge in [-0.05, 0) is 6.92 Å². The molecule has 116 valence electrons. The maximum absolute atomic E-state index is 12.2. The monoisotopic (exact) mass is 296 g/mol. The molecule has 2 rings (SSSR count). The molecule has 1 aliphatic rings. The molecule has 1 aliphatic heterocycles. The van der Waals surface area contributed by atoms with Crippen LogP contribution in [0.1, 0.15) is 10.6 Å². The van der Waals surface area contributed by atoms with Crippen LogP contribution in [0.5, 0.6) is 0 Å². The van der Waals surface area contributed by atoms with Gasteiger partial charge >= 0.3 is 0 Å². The number of likely N-dealkylation sites (N-methyl/N-ethyl adjacent to an activating group) is 1. The number of nitrogens with one attached hydrogen (secondary N) is 1. The Hall–Kier alpha value is -1.93. The summed E-state index contributed by atoms with van der Waals surface area (Å²) in [5.41, 5.74) is -0.483. The number of carbonyl (C=O) groups excluding carboxylic acids is 2. The van der Waals surface area contributed by atoms with Crippen LogP contribution in [0.25, 0.3) is 0 Å². The van der Waals surface area contributed by atoms with E-state index in [1.54, 1.807) is 25.9 Å². The van der Waals surface area contributed by atoms with Crippen molar-refractivity contribution in [2.45, 2.75) is 13.0 Å². The van der Waals surface area contributed by atoms with E-state index in [2.05, 4.69) is 5.32 Å². The molecule has 21 heavy (non-hydrogen) atoms. The molecule has 0 bridgehead atoms. The minimum atomic E-state index is -0.483. The SMILES string of the molecule is Cc1cc(=O)n(C(=O)CN2CCNCC2C(=O)N(C)C)o1. The summed E-state index contributed by atoms with van der Waals surface area (Å²) < 4.78 is 5.82. The molecule has 1 N–H and O–H groups in total. The number of aryl methyl sites for hydroxylation is 1.